The molecule has 0 aliphatic carbocycles. The first-order chi connectivity index (χ1) is 15.2. The van der Waals surface area contributed by atoms with E-state index in [9.17, 15) is 9.59 Å². The van der Waals surface area contributed by atoms with Crippen LogP contribution in [-0.2, 0) is 17.8 Å². The fourth-order valence-corrected chi connectivity index (χ4v) is 4.42. The fraction of sp³-hybridized carbons (Fsp3) is 0.458. The zero-order chi connectivity index (χ0) is 21.6. The largest absolute Gasteiger partial charge is 0.491 e. The molecule has 31 heavy (non-hydrogen) atoms. The van der Waals surface area contributed by atoms with Gasteiger partial charge in [0.05, 0.1) is 19.1 Å². The Bertz CT molecular complexity index is 918. The van der Waals surface area contributed by atoms with Crippen LogP contribution in [0.3, 0.4) is 0 Å². The lowest BCUT2D eigenvalue weighted by atomic mass is 10.0. The Balaban J connectivity index is 1.40. The molecule has 2 aliphatic heterocycles. The van der Waals surface area contributed by atoms with E-state index in [1.165, 1.54) is 0 Å². The number of nitrogens with one attached hydrogen (secondary N) is 1. The normalized spacial score (nSPS) is 18.2. The minimum Gasteiger partial charge on any atom is -0.491 e. The van der Waals surface area contributed by atoms with Crippen LogP contribution in [0.2, 0.25) is 0 Å². The third-order valence-corrected chi connectivity index (χ3v) is 5.99. The molecule has 0 radical (unpaired) electrons. The molecule has 1 aromatic heterocycles. The zero-order valence-electron chi connectivity index (χ0n) is 18.0. The highest BCUT2D eigenvalue weighted by atomic mass is 16.5. The van der Waals surface area contributed by atoms with Crippen LogP contribution in [-0.4, -0.2) is 53.0 Å². The van der Waals surface area contributed by atoms with Gasteiger partial charge in [-0.25, -0.2) is 4.79 Å². The summed E-state index contributed by atoms with van der Waals surface area (Å²) in [5, 5.41) is 2.85. The lowest BCUT2D eigenvalue weighted by Gasteiger charge is -2.25. The molecule has 2 aromatic rings. The Morgan fingerprint density at radius 1 is 1.26 bits per heavy atom. The highest BCUT2D eigenvalue weighted by molar-refractivity contribution is 5.77. The number of pyridine rings is 1. The van der Waals surface area contributed by atoms with Gasteiger partial charge in [0.1, 0.15) is 12.4 Å². The second-order valence-corrected chi connectivity index (χ2v) is 8.08. The minimum absolute atomic E-state index is 0.0741. The summed E-state index contributed by atoms with van der Waals surface area (Å²) >= 11 is 0. The number of urea groups is 1. The van der Waals surface area contributed by atoms with E-state index in [0.29, 0.717) is 39.1 Å². The molecule has 0 saturated carbocycles. The van der Waals surface area contributed by atoms with Crippen molar-refractivity contribution in [3.05, 3.63) is 59.4 Å². The number of benzene rings is 1. The maximum absolute atomic E-state index is 13.0. The average molecular weight is 423 g/mol. The second-order valence-electron chi connectivity index (χ2n) is 8.08. The third kappa shape index (κ3) is 4.98. The quantitative estimate of drug-likeness (QED) is 0.802. The van der Waals surface area contributed by atoms with Crippen LogP contribution in [0.5, 0.6) is 5.75 Å². The van der Waals surface area contributed by atoms with E-state index in [-0.39, 0.29) is 18.0 Å². The van der Waals surface area contributed by atoms with Gasteiger partial charge in [-0.1, -0.05) is 18.2 Å². The predicted molar refractivity (Wildman–Crippen MR) is 118 cm³/mol. The number of aryl methyl sites for hydroxylation is 1. The van der Waals surface area contributed by atoms with Crippen molar-refractivity contribution in [2.75, 3.05) is 26.2 Å². The van der Waals surface area contributed by atoms with Gasteiger partial charge in [0, 0.05) is 37.5 Å². The minimum atomic E-state index is -0.0741. The van der Waals surface area contributed by atoms with Crippen LogP contribution in [0.1, 0.15) is 48.9 Å². The molecule has 7 nitrogen and oxygen atoms in total. The van der Waals surface area contributed by atoms with Crippen LogP contribution >= 0.6 is 0 Å². The van der Waals surface area contributed by atoms with Gasteiger partial charge in [-0.3, -0.25) is 9.78 Å². The number of rotatable bonds is 5. The van der Waals surface area contributed by atoms with E-state index >= 15 is 0 Å². The topological polar surface area (TPSA) is 74.8 Å². The van der Waals surface area contributed by atoms with Crippen molar-refractivity contribution in [3.8, 4) is 5.75 Å². The number of nitrogens with zero attached hydrogens (tertiary/aromatic N) is 3. The maximum atomic E-state index is 13.0. The highest BCUT2D eigenvalue weighted by Crippen LogP contribution is 2.32. The van der Waals surface area contributed by atoms with Crippen molar-refractivity contribution in [1.82, 2.24) is 20.1 Å². The summed E-state index contributed by atoms with van der Waals surface area (Å²) in [5.41, 5.74) is 3.19. The molecule has 1 aromatic carbocycles. The van der Waals surface area contributed by atoms with Gasteiger partial charge < -0.3 is 19.9 Å². The summed E-state index contributed by atoms with van der Waals surface area (Å²) < 4.78 is 5.83. The average Bonchev–Trinajstić information content (AvgIpc) is 3.19. The first kappa shape index (κ1) is 21.2. The van der Waals surface area contributed by atoms with E-state index in [1.807, 2.05) is 36.2 Å². The molecule has 1 N–H and O–H groups in total. The van der Waals surface area contributed by atoms with Crippen LogP contribution < -0.4 is 10.1 Å². The van der Waals surface area contributed by atoms with Crippen LogP contribution in [0.4, 0.5) is 4.79 Å². The second kappa shape index (κ2) is 9.81. The van der Waals surface area contributed by atoms with Crippen LogP contribution in [0, 0.1) is 0 Å². The Morgan fingerprint density at radius 2 is 2.16 bits per heavy atom. The standard InChI is InChI=1S/C24H30N4O3/c1-2-26-24(30)27-13-14-31-22-9-7-18(15-20(22)17-27)8-10-23(29)28-12-4-6-21(28)19-5-3-11-25-16-19/h3,5,7,9,11,15-16,21H,2,4,6,8,10,12-14,17H2,1H3,(H,26,30). The summed E-state index contributed by atoms with van der Waals surface area (Å²) in [7, 11) is 0. The molecule has 1 atom stereocenters. The van der Waals surface area contributed by atoms with Gasteiger partial charge in [0.25, 0.3) is 0 Å². The predicted octanol–water partition coefficient (Wildman–Crippen LogP) is 3.30. The summed E-state index contributed by atoms with van der Waals surface area (Å²) in [5.74, 6) is 1.000. The van der Waals surface area contributed by atoms with Crippen LogP contribution in [0.25, 0.3) is 0 Å². The van der Waals surface area contributed by atoms with Gasteiger partial charge in [0.2, 0.25) is 5.91 Å². The first-order valence-electron chi connectivity index (χ1n) is 11.1. The van der Waals surface area contributed by atoms with E-state index in [0.717, 1.165) is 41.8 Å². The Morgan fingerprint density at radius 3 is 2.97 bits per heavy atom. The molecule has 7 heteroatoms. The van der Waals surface area contributed by atoms with Crippen molar-refractivity contribution in [2.45, 2.75) is 45.2 Å². The maximum Gasteiger partial charge on any atom is 0.317 e. The molecule has 0 spiro atoms. The molecule has 3 amide bonds. The number of carbonyl (C=O) groups is 2. The number of fused-ring (bicyclic) bond motifs is 1. The SMILES string of the molecule is CCNC(=O)N1CCOc2ccc(CCC(=O)N3CCCC3c3cccnc3)cc2C1. The fourth-order valence-electron chi connectivity index (χ4n) is 4.42. The summed E-state index contributed by atoms with van der Waals surface area (Å²) in [4.78, 5) is 33.2. The van der Waals surface area contributed by atoms with E-state index < -0.39 is 0 Å². The number of aromatic nitrogens is 1. The highest BCUT2D eigenvalue weighted by Gasteiger charge is 2.29. The number of carbonyl (C=O) groups excluding carboxylic acids is 2. The number of likely N-dealkylation sites (tertiary alicyclic amines) is 1. The van der Waals surface area contributed by atoms with Gasteiger partial charge >= 0.3 is 6.03 Å². The molecule has 1 fully saturated rings. The van der Waals surface area contributed by atoms with Gasteiger partial charge in [-0.05, 0) is 49.4 Å². The van der Waals surface area contributed by atoms with Crippen molar-refractivity contribution >= 4 is 11.9 Å². The first-order valence-corrected chi connectivity index (χ1v) is 11.1. The number of amides is 3. The number of ether oxygens (including phenoxy) is 1. The molecule has 3 heterocycles. The molecule has 1 unspecified atom stereocenters. The third-order valence-electron chi connectivity index (χ3n) is 5.99. The van der Waals surface area contributed by atoms with Crippen molar-refractivity contribution in [2.24, 2.45) is 0 Å². The Hall–Kier alpha value is -3.09. The number of hydrogen-bond acceptors (Lipinski definition) is 4. The Kier molecular flexibility index (Phi) is 6.70. The molecule has 164 valence electrons. The number of hydrogen-bond donors (Lipinski definition) is 1. The van der Waals surface area contributed by atoms with E-state index in [4.69, 9.17) is 4.74 Å². The van der Waals surface area contributed by atoms with Crippen molar-refractivity contribution < 1.29 is 14.3 Å². The zero-order valence-corrected chi connectivity index (χ0v) is 18.0. The molecular weight excluding hydrogens is 392 g/mol. The Labute approximate surface area is 183 Å². The smallest absolute Gasteiger partial charge is 0.317 e. The summed E-state index contributed by atoms with van der Waals surface area (Å²) in [6.07, 6.45) is 6.78. The van der Waals surface area contributed by atoms with Gasteiger partial charge in [-0.2, -0.15) is 0 Å². The van der Waals surface area contributed by atoms with Gasteiger partial charge in [-0.15, -0.1) is 0 Å². The molecule has 1 saturated heterocycles. The molecular formula is C24H30N4O3. The summed E-state index contributed by atoms with van der Waals surface area (Å²) in [6, 6.07) is 10.1. The molecule has 2 aliphatic rings. The summed E-state index contributed by atoms with van der Waals surface area (Å²) in [6.45, 7) is 4.86. The molecule has 0 bridgehead atoms. The monoisotopic (exact) mass is 422 g/mol. The van der Waals surface area contributed by atoms with Crippen LogP contribution in [0.15, 0.2) is 42.7 Å². The van der Waals surface area contributed by atoms with Crippen molar-refractivity contribution in [3.63, 3.8) is 0 Å². The molecule has 4 rings (SSSR count). The van der Waals surface area contributed by atoms with E-state index in [2.05, 4.69) is 22.4 Å². The lowest BCUT2D eigenvalue weighted by Crippen LogP contribution is -2.40. The van der Waals surface area contributed by atoms with Gasteiger partial charge in [0.15, 0.2) is 0 Å². The van der Waals surface area contributed by atoms with E-state index in [1.54, 1.807) is 11.1 Å². The lowest BCUT2D eigenvalue weighted by molar-refractivity contribution is -0.132. The van der Waals surface area contributed by atoms with Crippen molar-refractivity contribution in [1.29, 1.82) is 0 Å².